The molecule has 0 spiro atoms. The lowest BCUT2D eigenvalue weighted by Gasteiger charge is -1.93. The quantitative estimate of drug-likeness (QED) is 0.797. The third-order valence-electron chi connectivity index (χ3n) is 1.66. The summed E-state index contributed by atoms with van der Waals surface area (Å²) in [6.45, 7) is 0. The summed E-state index contributed by atoms with van der Waals surface area (Å²) in [4.78, 5) is 0. The molecule has 0 saturated carbocycles. The highest BCUT2D eigenvalue weighted by atomic mass is 79.9. The lowest BCUT2D eigenvalue weighted by molar-refractivity contribution is 1.08. The van der Waals surface area contributed by atoms with Gasteiger partial charge in [0.2, 0.25) is 0 Å². The number of hydrogen-bond donors (Lipinski definition) is 0. The summed E-state index contributed by atoms with van der Waals surface area (Å²) < 4.78 is 0.761. The van der Waals surface area contributed by atoms with Gasteiger partial charge in [-0.1, -0.05) is 23.5 Å². The predicted octanol–water partition coefficient (Wildman–Crippen LogP) is 2.84. The van der Waals surface area contributed by atoms with Gasteiger partial charge < -0.3 is 0 Å². The molecule has 14 heavy (non-hydrogen) atoms. The molecule has 0 fully saturated rings. The van der Waals surface area contributed by atoms with E-state index in [-0.39, 0.29) is 0 Å². The number of nitrogens with zero attached hydrogens (tertiary/aromatic N) is 3. The first-order chi connectivity index (χ1) is 6.79. The zero-order valence-corrected chi connectivity index (χ0v) is 9.34. The van der Waals surface area contributed by atoms with Crippen molar-refractivity contribution in [2.24, 2.45) is 0 Å². The number of rotatable bonds is 1. The van der Waals surface area contributed by atoms with Gasteiger partial charge >= 0.3 is 0 Å². The molecule has 1 heterocycles. The molecule has 5 heteroatoms. The van der Waals surface area contributed by atoms with Crippen molar-refractivity contribution in [2.75, 3.05) is 0 Å². The molecule has 2 aromatic rings. The number of halogens is 1. The van der Waals surface area contributed by atoms with Crippen LogP contribution in [0.3, 0.4) is 0 Å². The molecular weight excluding hydrogens is 262 g/mol. The fourth-order valence-electron chi connectivity index (χ4n) is 1.01. The minimum Gasteiger partial charge on any atom is -0.192 e. The van der Waals surface area contributed by atoms with E-state index in [0.29, 0.717) is 5.56 Å². The van der Waals surface area contributed by atoms with E-state index in [1.165, 1.54) is 11.3 Å². The van der Waals surface area contributed by atoms with Gasteiger partial charge in [0.05, 0.1) is 11.6 Å². The smallest absolute Gasteiger partial charge is 0.183 e. The molecule has 0 N–H and O–H groups in total. The van der Waals surface area contributed by atoms with Gasteiger partial charge in [0, 0.05) is 5.56 Å². The highest BCUT2D eigenvalue weighted by Crippen LogP contribution is 2.26. The minimum atomic E-state index is 0.650. The van der Waals surface area contributed by atoms with E-state index in [9.17, 15) is 0 Å². The third-order valence-corrected chi connectivity index (χ3v) is 3.07. The highest BCUT2D eigenvalue weighted by molar-refractivity contribution is 9.11. The predicted molar refractivity (Wildman–Crippen MR) is 57.8 cm³/mol. The standard InChI is InChI=1S/C9H4BrN3S/c10-9-13-12-8(14-9)7-3-1-6(5-11)2-4-7/h1-4H. The molecule has 0 aliphatic carbocycles. The molecule has 0 atom stereocenters. The Morgan fingerprint density at radius 3 is 2.43 bits per heavy atom. The van der Waals surface area contributed by atoms with Crippen molar-refractivity contribution in [2.45, 2.75) is 0 Å². The van der Waals surface area contributed by atoms with E-state index in [1.807, 2.05) is 12.1 Å². The third kappa shape index (κ3) is 1.81. The van der Waals surface area contributed by atoms with Gasteiger partial charge in [-0.25, -0.2) is 0 Å². The van der Waals surface area contributed by atoms with Gasteiger partial charge in [-0.05, 0) is 28.1 Å². The zero-order valence-electron chi connectivity index (χ0n) is 6.94. The second-order valence-electron chi connectivity index (χ2n) is 2.55. The molecule has 0 saturated heterocycles. The first-order valence-corrected chi connectivity index (χ1v) is 5.40. The molecule has 0 unspecified atom stereocenters. The molecule has 1 aromatic carbocycles. The van der Waals surface area contributed by atoms with Crippen molar-refractivity contribution >= 4 is 27.3 Å². The number of nitriles is 1. The van der Waals surface area contributed by atoms with Crippen LogP contribution in [0.25, 0.3) is 10.6 Å². The van der Waals surface area contributed by atoms with Crippen LogP contribution >= 0.6 is 27.3 Å². The summed E-state index contributed by atoms with van der Waals surface area (Å²) in [5.41, 5.74) is 1.63. The van der Waals surface area contributed by atoms with Crippen LogP contribution in [-0.4, -0.2) is 10.2 Å². The van der Waals surface area contributed by atoms with Crippen molar-refractivity contribution < 1.29 is 0 Å². The lowest BCUT2D eigenvalue weighted by Crippen LogP contribution is -1.77. The Balaban J connectivity index is 2.39. The molecule has 0 aliphatic heterocycles. The summed E-state index contributed by atoms with van der Waals surface area (Å²) >= 11 is 4.72. The second-order valence-corrected chi connectivity index (χ2v) is 4.80. The van der Waals surface area contributed by atoms with Gasteiger partial charge in [0.1, 0.15) is 5.01 Å². The molecule has 2 rings (SSSR count). The Morgan fingerprint density at radius 1 is 1.21 bits per heavy atom. The molecule has 0 radical (unpaired) electrons. The van der Waals surface area contributed by atoms with Crippen LogP contribution in [0.15, 0.2) is 28.2 Å². The maximum atomic E-state index is 8.62. The average Bonchev–Trinajstić information content (AvgIpc) is 2.65. The summed E-state index contributed by atoms with van der Waals surface area (Å²) in [6.07, 6.45) is 0. The minimum absolute atomic E-state index is 0.650. The van der Waals surface area contributed by atoms with Crippen molar-refractivity contribution in [1.29, 1.82) is 5.26 Å². The molecular formula is C9H4BrN3S. The van der Waals surface area contributed by atoms with Crippen LogP contribution in [0.4, 0.5) is 0 Å². The van der Waals surface area contributed by atoms with E-state index in [4.69, 9.17) is 5.26 Å². The Kier molecular flexibility index (Phi) is 2.57. The molecule has 3 nitrogen and oxygen atoms in total. The Bertz CT molecular complexity index is 484. The first-order valence-electron chi connectivity index (χ1n) is 3.79. The molecule has 0 bridgehead atoms. The van der Waals surface area contributed by atoms with Crippen molar-refractivity contribution in [1.82, 2.24) is 10.2 Å². The summed E-state index contributed by atoms with van der Waals surface area (Å²) in [6, 6.07) is 9.34. The van der Waals surface area contributed by atoms with Crippen molar-refractivity contribution in [3.05, 3.63) is 33.7 Å². The van der Waals surface area contributed by atoms with Gasteiger partial charge in [0.25, 0.3) is 0 Å². The largest absolute Gasteiger partial charge is 0.192 e. The van der Waals surface area contributed by atoms with E-state index < -0.39 is 0 Å². The monoisotopic (exact) mass is 265 g/mol. The normalized spacial score (nSPS) is 9.71. The number of benzene rings is 1. The summed E-state index contributed by atoms with van der Waals surface area (Å²) in [5, 5.41) is 17.3. The fourth-order valence-corrected chi connectivity index (χ4v) is 2.13. The molecule has 1 aromatic heterocycles. The van der Waals surface area contributed by atoms with Crippen LogP contribution in [-0.2, 0) is 0 Å². The maximum Gasteiger partial charge on any atom is 0.183 e. The number of aromatic nitrogens is 2. The van der Waals surface area contributed by atoms with Crippen LogP contribution in [0, 0.1) is 11.3 Å². The van der Waals surface area contributed by atoms with Crippen LogP contribution in [0.5, 0.6) is 0 Å². The Morgan fingerprint density at radius 2 is 1.93 bits per heavy atom. The topological polar surface area (TPSA) is 49.6 Å². The lowest BCUT2D eigenvalue weighted by atomic mass is 10.2. The van der Waals surface area contributed by atoms with Crippen LogP contribution < -0.4 is 0 Å². The van der Waals surface area contributed by atoms with Crippen LogP contribution in [0.2, 0.25) is 0 Å². The summed E-state index contributed by atoms with van der Waals surface area (Å²) in [5.74, 6) is 0. The molecule has 0 aliphatic rings. The van der Waals surface area contributed by atoms with Gasteiger partial charge in [-0.15, -0.1) is 10.2 Å². The second kappa shape index (κ2) is 3.86. The van der Waals surface area contributed by atoms with Gasteiger partial charge in [0.15, 0.2) is 3.92 Å². The van der Waals surface area contributed by atoms with Crippen LogP contribution in [0.1, 0.15) is 5.56 Å². The maximum absolute atomic E-state index is 8.62. The van der Waals surface area contributed by atoms with Crippen molar-refractivity contribution in [3.63, 3.8) is 0 Å². The summed E-state index contributed by atoms with van der Waals surface area (Å²) in [7, 11) is 0. The molecule has 68 valence electrons. The SMILES string of the molecule is N#Cc1ccc(-c2nnc(Br)s2)cc1. The van der Waals surface area contributed by atoms with E-state index in [0.717, 1.165) is 14.5 Å². The van der Waals surface area contributed by atoms with E-state index in [2.05, 4.69) is 32.2 Å². The Hall–Kier alpha value is -1.25. The highest BCUT2D eigenvalue weighted by Gasteiger charge is 2.03. The van der Waals surface area contributed by atoms with Gasteiger partial charge in [-0.3, -0.25) is 0 Å². The number of hydrogen-bond acceptors (Lipinski definition) is 4. The Labute approximate surface area is 93.2 Å². The van der Waals surface area contributed by atoms with E-state index in [1.54, 1.807) is 12.1 Å². The molecule has 0 amide bonds. The van der Waals surface area contributed by atoms with Gasteiger partial charge in [-0.2, -0.15) is 5.26 Å². The average molecular weight is 266 g/mol. The van der Waals surface area contributed by atoms with Crippen molar-refractivity contribution in [3.8, 4) is 16.6 Å². The zero-order chi connectivity index (χ0) is 9.97. The fraction of sp³-hybridized carbons (Fsp3) is 0. The first kappa shape index (κ1) is 9.31. The van der Waals surface area contributed by atoms with E-state index >= 15 is 0 Å².